The zero-order chi connectivity index (χ0) is 22.3. The molecule has 0 saturated carbocycles. The number of ether oxygens (including phenoxy) is 1. The summed E-state index contributed by atoms with van der Waals surface area (Å²) in [5.41, 5.74) is -0.807. The number of piperidine rings is 1. The lowest BCUT2D eigenvalue weighted by atomic mass is 10.1. The summed E-state index contributed by atoms with van der Waals surface area (Å²) in [7, 11) is 3.17. The van der Waals surface area contributed by atoms with Crippen molar-refractivity contribution in [1.82, 2.24) is 24.6 Å². The maximum Gasteiger partial charge on any atom is 0.419 e. The van der Waals surface area contributed by atoms with Crippen LogP contribution in [0.4, 0.5) is 23.5 Å². The lowest BCUT2D eigenvalue weighted by Crippen LogP contribution is -2.40. The fraction of sp³-hybridized carbons (Fsp3) is 0.450. The number of halogens is 4. The summed E-state index contributed by atoms with van der Waals surface area (Å²) in [6.07, 6.45) is 0.341. The first kappa shape index (κ1) is 21.3. The van der Waals surface area contributed by atoms with E-state index in [-0.39, 0.29) is 17.3 Å². The van der Waals surface area contributed by atoms with Gasteiger partial charge in [-0.1, -0.05) is 0 Å². The third-order valence-corrected chi connectivity index (χ3v) is 5.34. The van der Waals surface area contributed by atoms with Gasteiger partial charge < -0.3 is 15.0 Å². The molecule has 1 atom stereocenters. The Morgan fingerprint density at radius 3 is 2.74 bits per heavy atom. The highest BCUT2D eigenvalue weighted by atomic mass is 19.4. The molecular formula is C20H22F4N6O. The number of methoxy groups -OCH3 is 1. The molecule has 11 heteroatoms. The number of likely N-dealkylation sites (tertiary alicyclic amines) is 1. The Labute approximate surface area is 176 Å². The predicted octanol–water partition coefficient (Wildman–Crippen LogP) is 3.80. The molecule has 1 aliphatic heterocycles. The number of aromatic nitrogens is 4. The molecule has 1 saturated heterocycles. The van der Waals surface area contributed by atoms with Crippen LogP contribution in [0, 0.1) is 12.7 Å². The van der Waals surface area contributed by atoms with E-state index in [1.807, 2.05) is 0 Å². The third-order valence-electron chi connectivity index (χ3n) is 5.34. The van der Waals surface area contributed by atoms with Crippen molar-refractivity contribution < 1.29 is 22.3 Å². The van der Waals surface area contributed by atoms with Gasteiger partial charge in [-0.25, -0.2) is 14.1 Å². The number of hydrogen-bond donors (Lipinski definition) is 1. The van der Waals surface area contributed by atoms with Crippen LogP contribution in [-0.2, 0) is 6.18 Å². The van der Waals surface area contributed by atoms with E-state index in [9.17, 15) is 17.6 Å². The molecule has 4 rings (SSSR count). The highest BCUT2D eigenvalue weighted by Crippen LogP contribution is 2.39. The standard InChI is InChI=1S/C20H22F4N6O/c1-11-7-14(20(22,23)24)15(21)17(31-3)16(11)30-9-12-8-25-19(27-18(12)28-30)26-13-5-4-6-29(2)10-13/h7-9,13H,4-6,10H2,1-3H3,(H,26,27,28)/t13-/m1/s1. The van der Waals surface area contributed by atoms with Crippen LogP contribution < -0.4 is 10.1 Å². The van der Waals surface area contributed by atoms with Crippen LogP contribution in [0.15, 0.2) is 18.5 Å². The average Bonchev–Trinajstić information content (AvgIpc) is 3.11. The normalized spacial score (nSPS) is 17.8. The molecule has 1 aromatic carbocycles. The van der Waals surface area contributed by atoms with E-state index in [4.69, 9.17) is 4.74 Å². The molecule has 1 aliphatic rings. The second-order valence-corrected chi connectivity index (χ2v) is 7.73. The van der Waals surface area contributed by atoms with Crippen molar-refractivity contribution in [1.29, 1.82) is 0 Å². The minimum atomic E-state index is -4.84. The maximum absolute atomic E-state index is 14.6. The minimum absolute atomic E-state index is 0.0782. The molecule has 166 valence electrons. The summed E-state index contributed by atoms with van der Waals surface area (Å²) in [5, 5.41) is 8.20. The summed E-state index contributed by atoms with van der Waals surface area (Å²) in [6, 6.07) is 0.960. The van der Waals surface area contributed by atoms with E-state index in [1.54, 1.807) is 6.20 Å². The maximum atomic E-state index is 14.6. The Morgan fingerprint density at radius 2 is 2.06 bits per heavy atom. The van der Waals surface area contributed by atoms with Gasteiger partial charge in [0.25, 0.3) is 0 Å². The number of nitrogens with one attached hydrogen (secondary N) is 1. The molecule has 3 aromatic rings. The van der Waals surface area contributed by atoms with Gasteiger partial charge in [0.1, 0.15) is 5.69 Å². The molecule has 31 heavy (non-hydrogen) atoms. The molecule has 2 aromatic heterocycles. The van der Waals surface area contributed by atoms with E-state index < -0.39 is 23.3 Å². The van der Waals surface area contributed by atoms with Crippen LogP contribution in [0.5, 0.6) is 5.75 Å². The Bertz CT molecular complexity index is 1110. The van der Waals surface area contributed by atoms with E-state index in [0.29, 0.717) is 17.0 Å². The van der Waals surface area contributed by atoms with Crippen LogP contribution >= 0.6 is 0 Å². The molecule has 0 bridgehead atoms. The number of benzene rings is 1. The van der Waals surface area contributed by atoms with E-state index >= 15 is 0 Å². The van der Waals surface area contributed by atoms with Gasteiger partial charge in [0, 0.05) is 25.0 Å². The molecule has 7 nitrogen and oxygen atoms in total. The average molecular weight is 438 g/mol. The summed E-state index contributed by atoms with van der Waals surface area (Å²) in [4.78, 5) is 11.0. The number of rotatable bonds is 4. The SMILES string of the molecule is COc1c(F)c(C(F)(F)F)cc(C)c1-n1cc2cnc(N[C@@H]3CCCN(C)C3)nc2n1. The first-order chi connectivity index (χ1) is 14.7. The Kier molecular flexibility index (Phi) is 5.46. The van der Waals surface area contributed by atoms with Crippen molar-refractivity contribution in [3.8, 4) is 11.4 Å². The fourth-order valence-corrected chi connectivity index (χ4v) is 3.90. The summed E-state index contributed by atoms with van der Waals surface area (Å²) >= 11 is 0. The second kappa shape index (κ2) is 7.95. The Balaban J connectivity index is 1.71. The van der Waals surface area contributed by atoms with Crippen LogP contribution in [0.25, 0.3) is 16.7 Å². The van der Waals surface area contributed by atoms with Gasteiger partial charge in [0.05, 0.1) is 18.1 Å². The van der Waals surface area contributed by atoms with Crippen LogP contribution in [0.1, 0.15) is 24.0 Å². The molecule has 1 N–H and O–H groups in total. The lowest BCUT2D eigenvalue weighted by molar-refractivity contribution is -0.140. The third kappa shape index (κ3) is 4.14. The van der Waals surface area contributed by atoms with Gasteiger partial charge in [-0.15, -0.1) is 5.10 Å². The zero-order valence-electron chi connectivity index (χ0n) is 17.3. The Hall–Kier alpha value is -2.95. The van der Waals surface area contributed by atoms with Crippen molar-refractivity contribution in [2.24, 2.45) is 0 Å². The minimum Gasteiger partial charge on any atom is -0.491 e. The zero-order valence-corrected chi connectivity index (χ0v) is 17.3. The number of aryl methyl sites for hydroxylation is 1. The second-order valence-electron chi connectivity index (χ2n) is 7.73. The number of hydrogen-bond acceptors (Lipinski definition) is 6. The first-order valence-corrected chi connectivity index (χ1v) is 9.79. The van der Waals surface area contributed by atoms with Gasteiger partial charge in [-0.2, -0.15) is 18.2 Å². The smallest absolute Gasteiger partial charge is 0.419 e. The molecule has 0 aliphatic carbocycles. The molecule has 0 amide bonds. The van der Waals surface area contributed by atoms with Crippen LogP contribution in [0.2, 0.25) is 0 Å². The van der Waals surface area contributed by atoms with Gasteiger partial charge in [-0.3, -0.25) is 0 Å². The number of fused-ring (bicyclic) bond motifs is 1. The van der Waals surface area contributed by atoms with Crippen molar-refractivity contribution in [2.75, 3.05) is 32.6 Å². The lowest BCUT2D eigenvalue weighted by Gasteiger charge is -2.30. The largest absolute Gasteiger partial charge is 0.491 e. The first-order valence-electron chi connectivity index (χ1n) is 9.79. The Morgan fingerprint density at radius 1 is 1.29 bits per heavy atom. The number of anilines is 1. The molecule has 3 heterocycles. The van der Waals surface area contributed by atoms with Crippen molar-refractivity contribution in [3.63, 3.8) is 0 Å². The van der Waals surface area contributed by atoms with Crippen molar-refractivity contribution in [3.05, 3.63) is 35.4 Å². The molecule has 0 spiro atoms. The topological polar surface area (TPSA) is 68.1 Å². The molecule has 0 unspecified atom stereocenters. The van der Waals surface area contributed by atoms with Gasteiger partial charge in [0.2, 0.25) is 5.95 Å². The monoisotopic (exact) mass is 438 g/mol. The van der Waals surface area contributed by atoms with Gasteiger partial charge in [0.15, 0.2) is 17.2 Å². The van der Waals surface area contributed by atoms with Crippen molar-refractivity contribution >= 4 is 17.0 Å². The highest BCUT2D eigenvalue weighted by molar-refractivity contribution is 5.75. The fourth-order valence-electron chi connectivity index (χ4n) is 3.90. The van der Waals surface area contributed by atoms with Crippen LogP contribution in [0.3, 0.4) is 0 Å². The number of alkyl halides is 3. The summed E-state index contributed by atoms with van der Waals surface area (Å²) in [6.45, 7) is 3.36. The highest BCUT2D eigenvalue weighted by Gasteiger charge is 2.37. The number of likely N-dealkylation sites (N-methyl/N-ethyl adjacent to an activating group) is 1. The quantitative estimate of drug-likeness (QED) is 0.625. The molecular weight excluding hydrogens is 416 g/mol. The van der Waals surface area contributed by atoms with Gasteiger partial charge >= 0.3 is 6.18 Å². The molecule has 0 radical (unpaired) electrons. The van der Waals surface area contributed by atoms with E-state index in [2.05, 4.69) is 32.3 Å². The van der Waals surface area contributed by atoms with Gasteiger partial charge in [-0.05, 0) is 45.0 Å². The number of nitrogens with zero attached hydrogens (tertiary/aromatic N) is 5. The van der Waals surface area contributed by atoms with Crippen LogP contribution in [-0.4, -0.2) is 57.9 Å². The van der Waals surface area contributed by atoms with Crippen molar-refractivity contribution in [2.45, 2.75) is 32.0 Å². The molecule has 1 fully saturated rings. The van der Waals surface area contributed by atoms with E-state index in [1.165, 1.54) is 17.8 Å². The van der Waals surface area contributed by atoms with E-state index in [0.717, 1.165) is 39.1 Å². The summed E-state index contributed by atoms with van der Waals surface area (Å²) in [5.74, 6) is -1.60. The predicted molar refractivity (Wildman–Crippen MR) is 107 cm³/mol. The summed E-state index contributed by atoms with van der Waals surface area (Å²) < 4.78 is 60.3.